The maximum absolute atomic E-state index is 12.0. The maximum Gasteiger partial charge on any atom is 0.220 e. The number of anilines is 1. The highest BCUT2D eigenvalue weighted by atomic mass is 35.5. The summed E-state index contributed by atoms with van der Waals surface area (Å²) in [5, 5.41) is 3.75. The normalized spacial score (nSPS) is 14.6. The number of nitrogens with zero attached hydrogens (tertiary/aromatic N) is 2. The molecular weight excluding hydrogens is 386 g/mol. The predicted molar refractivity (Wildman–Crippen MR) is 119 cm³/mol. The summed E-state index contributed by atoms with van der Waals surface area (Å²) >= 11 is 5.98. The second kappa shape index (κ2) is 11.1. The molecule has 5 nitrogen and oxygen atoms in total. The van der Waals surface area contributed by atoms with Crippen LogP contribution in [0.2, 0.25) is 5.02 Å². The molecule has 1 amide bonds. The average molecular weight is 416 g/mol. The van der Waals surface area contributed by atoms with Gasteiger partial charge in [0.25, 0.3) is 0 Å². The molecule has 0 aliphatic carbocycles. The zero-order valence-corrected chi connectivity index (χ0v) is 17.8. The van der Waals surface area contributed by atoms with E-state index in [1.54, 1.807) is 7.11 Å². The van der Waals surface area contributed by atoms with Crippen LogP contribution in [0.1, 0.15) is 18.4 Å². The Morgan fingerprint density at radius 1 is 1.10 bits per heavy atom. The Kier molecular flexibility index (Phi) is 8.20. The molecule has 2 aromatic rings. The van der Waals surface area contributed by atoms with E-state index in [1.807, 2.05) is 36.4 Å². The Morgan fingerprint density at radius 2 is 1.86 bits per heavy atom. The van der Waals surface area contributed by atoms with E-state index in [2.05, 4.69) is 27.2 Å². The summed E-state index contributed by atoms with van der Waals surface area (Å²) in [7, 11) is 1.69. The van der Waals surface area contributed by atoms with Crippen molar-refractivity contribution in [2.24, 2.45) is 0 Å². The molecule has 1 aliphatic heterocycles. The van der Waals surface area contributed by atoms with Gasteiger partial charge < -0.3 is 15.0 Å². The molecule has 0 radical (unpaired) electrons. The van der Waals surface area contributed by atoms with Crippen molar-refractivity contribution < 1.29 is 9.53 Å². The first-order chi connectivity index (χ1) is 14.1. The topological polar surface area (TPSA) is 44.8 Å². The number of halogens is 1. The lowest BCUT2D eigenvalue weighted by molar-refractivity contribution is -0.121. The summed E-state index contributed by atoms with van der Waals surface area (Å²) in [5.41, 5.74) is 2.35. The molecule has 29 heavy (non-hydrogen) atoms. The standard InChI is InChI=1S/C23H30ClN3O2/c1-29-22-9-7-21(8-10-22)27-16-14-26(15-17-27)13-3-12-25-23(28)11-6-19-4-2-5-20(24)18-19/h2,4-5,7-10,18H,3,6,11-17H2,1H3,(H,25,28). The van der Waals surface area contributed by atoms with Gasteiger partial charge in [-0.2, -0.15) is 0 Å². The molecule has 0 atom stereocenters. The predicted octanol–water partition coefficient (Wildman–Crippen LogP) is 3.61. The lowest BCUT2D eigenvalue weighted by atomic mass is 10.1. The third-order valence-corrected chi connectivity index (χ3v) is 5.55. The Morgan fingerprint density at radius 3 is 2.55 bits per heavy atom. The number of aryl methyl sites for hydroxylation is 1. The minimum absolute atomic E-state index is 0.106. The summed E-state index contributed by atoms with van der Waals surface area (Å²) in [6.45, 7) is 5.90. The lowest BCUT2D eigenvalue weighted by Gasteiger charge is -2.36. The molecule has 156 valence electrons. The van der Waals surface area contributed by atoms with Crippen LogP contribution < -0.4 is 15.0 Å². The number of carbonyl (C=O) groups is 1. The SMILES string of the molecule is COc1ccc(N2CCN(CCCNC(=O)CCc3cccc(Cl)c3)CC2)cc1. The van der Waals surface area contributed by atoms with E-state index in [9.17, 15) is 4.79 Å². The summed E-state index contributed by atoms with van der Waals surface area (Å²) in [5.74, 6) is 0.997. The number of carbonyl (C=O) groups excluding carboxylic acids is 1. The van der Waals surface area contributed by atoms with Crippen LogP contribution in [0.15, 0.2) is 48.5 Å². The van der Waals surface area contributed by atoms with Gasteiger partial charge in [0, 0.05) is 49.9 Å². The quantitative estimate of drug-likeness (QED) is 0.635. The van der Waals surface area contributed by atoms with E-state index >= 15 is 0 Å². The van der Waals surface area contributed by atoms with Crippen molar-refractivity contribution in [3.8, 4) is 5.75 Å². The highest BCUT2D eigenvalue weighted by molar-refractivity contribution is 6.30. The zero-order chi connectivity index (χ0) is 20.5. The molecular formula is C23H30ClN3O2. The van der Waals surface area contributed by atoms with Crippen molar-refractivity contribution in [2.75, 3.05) is 51.3 Å². The van der Waals surface area contributed by atoms with E-state index in [1.165, 1.54) is 5.69 Å². The molecule has 2 aromatic carbocycles. The highest BCUT2D eigenvalue weighted by Gasteiger charge is 2.16. The first kappa shape index (κ1) is 21.5. The molecule has 1 N–H and O–H groups in total. The maximum atomic E-state index is 12.0. The van der Waals surface area contributed by atoms with Crippen molar-refractivity contribution in [2.45, 2.75) is 19.3 Å². The number of nitrogens with one attached hydrogen (secondary N) is 1. The van der Waals surface area contributed by atoms with Crippen LogP contribution in [0, 0.1) is 0 Å². The van der Waals surface area contributed by atoms with E-state index in [0.29, 0.717) is 6.42 Å². The van der Waals surface area contributed by atoms with Crippen molar-refractivity contribution in [1.29, 1.82) is 0 Å². The largest absolute Gasteiger partial charge is 0.497 e. The number of methoxy groups -OCH3 is 1. The molecule has 1 fully saturated rings. The van der Waals surface area contributed by atoms with Crippen LogP contribution in [-0.2, 0) is 11.2 Å². The van der Waals surface area contributed by atoms with Gasteiger partial charge in [0.15, 0.2) is 0 Å². The van der Waals surface area contributed by atoms with Crippen molar-refractivity contribution in [3.63, 3.8) is 0 Å². The Labute approximate surface area is 178 Å². The fourth-order valence-corrected chi connectivity index (χ4v) is 3.80. The third-order valence-electron chi connectivity index (χ3n) is 5.31. The number of hydrogen-bond donors (Lipinski definition) is 1. The number of benzene rings is 2. The number of ether oxygens (including phenoxy) is 1. The fourth-order valence-electron chi connectivity index (χ4n) is 3.59. The van der Waals surface area contributed by atoms with Gasteiger partial charge in [-0.25, -0.2) is 0 Å². The molecule has 0 spiro atoms. The summed E-state index contributed by atoms with van der Waals surface area (Å²) in [6.07, 6.45) is 2.20. The summed E-state index contributed by atoms with van der Waals surface area (Å²) < 4.78 is 5.23. The molecule has 0 saturated carbocycles. The Bertz CT molecular complexity index is 774. The van der Waals surface area contributed by atoms with Crippen LogP contribution >= 0.6 is 11.6 Å². The molecule has 3 rings (SSSR count). The van der Waals surface area contributed by atoms with Crippen LogP contribution in [0.25, 0.3) is 0 Å². The molecule has 0 aromatic heterocycles. The van der Waals surface area contributed by atoms with Crippen LogP contribution in [0.4, 0.5) is 5.69 Å². The first-order valence-electron chi connectivity index (χ1n) is 10.3. The number of hydrogen-bond acceptors (Lipinski definition) is 4. The van der Waals surface area contributed by atoms with Gasteiger partial charge in [0.1, 0.15) is 5.75 Å². The van der Waals surface area contributed by atoms with Crippen LogP contribution in [0.5, 0.6) is 5.75 Å². The van der Waals surface area contributed by atoms with E-state index < -0.39 is 0 Å². The van der Waals surface area contributed by atoms with Crippen molar-refractivity contribution >= 4 is 23.2 Å². The number of rotatable bonds is 9. The van der Waals surface area contributed by atoms with Gasteiger partial charge in [0.05, 0.1) is 7.11 Å². The summed E-state index contributed by atoms with van der Waals surface area (Å²) in [6, 6.07) is 15.9. The average Bonchev–Trinajstić information content (AvgIpc) is 2.76. The molecule has 6 heteroatoms. The smallest absolute Gasteiger partial charge is 0.220 e. The fraction of sp³-hybridized carbons (Fsp3) is 0.435. The van der Waals surface area contributed by atoms with Crippen LogP contribution in [-0.4, -0.2) is 57.2 Å². The van der Waals surface area contributed by atoms with Gasteiger partial charge in [-0.3, -0.25) is 9.69 Å². The number of amides is 1. The van der Waals surface area contributed by atoms with E-state index in [-0.39, 0.29) is 5.91 Å². The molecule has 1 saturated heterocycles. The Balaban J connectivity index is 1.28. The number of piperazine rings is 1. The van der Waals surface area contributed by atoms with Gasteiger partial charge in [-0.1, -0.05) is 23.7 Å². The lowest BCUT2D eigenvalue weighted by Crippen LogP contribution is -2.47. The third kappa shape index (κ3) is 6.94. The first-order valence-corrected chi connectivity index (χ1v) is 10.6. The van der Waals surface area contributed by atoms with Gasteiger partial charge >= 0.3 is 0 Å². The monoisotopic (exact) mass is 415 g/mol. The molecule has 1 aliphatic rings. The van der Waals surface area contributed by atoms with Gasteiger partial charge in [-0.05, 0) is 61.3 Å². The van der Waals surface area contributed by atoms with Gasteiger partial charge in [-0.15, -0.1) is 0 Å². The summed E-state index contributed by atoms with van der Waals surface area (Å²) in [4.78, 5) is 16.9. The van der Waals surface area contributed by atoms with Crippen LogP contribution in [0.3, 0.4) is 0 Å². The van der Waals surface area contributed by atoms with Crippen molar-refractivity contribution in [1.82, 2.24) is 10.2 Å². The molecule has 1 heterocycles. The minimum atomic E-state index is 0.106. The Hall–Kier alpha value is -2.24. The zero-order valence-electron chi connectivity index (χ0n) is 17.1. The van der Waals surface area contributed by atoms with Gasteiger partial charge in [0.2, 0.25) is 5.91 Å². The molecule has 0 unspecified atom stereocenters. The molecule has 0 bridgehead atoms. The van der Waals surface area contributed by atoms with E-state index in [0.717, 1.165) is 68.4 Å². The van der Waals surface area contributed by atoms with E-state index in [4.69, 9.17) is 16.3 Å². The minimum Gasteiger partial charge on any atom is -0.497 e. The van der Waals surface area contributed by atoms with Crippen molar-refractivity contribution in [3.05, 3.63) is 59.1 Å². The second-order valence-electron chi connectivity index (χ2n) is 7.36. The second-order valence-corrected chi connectivity index (χ2v) is 7.80. The highest BCUT2D eigenvalue weighted by Crippen LogP contribution is 2.20.